The highest BCUT2D eigenvalue weighted by atomic mass is 32.1. The van der Waals surface area contributed by atoms with Crippen LogP contribution in [0.1, 0.15) is 38.1 Å². The zero-order valence-electron chi connectivity index (χ0n) is 19.6. The predicted octanol–water partition coefficient (Wildman–Crippen LogP) is 6.23. The number of aromatic nitrogens is 1. The number of aryl methyl sites for hydroxylation is 2. The molecular weight excluding hydrogens is 446 g/mol. The number of hydrogen-bond acceptors (Lipinski definition) is 6. The second kappa shape index (κ2) is 10.4. The van der Waals surface area contributed by atoms with Gasteiger partial charge in [-0.1, -0.05) is 30.3 Å². The van der Waals surface area contributed by atoms with E-state index in [9.17, 15) is 4.79 Å². The minimum Gasteiger partial charge on any atom is -0.493 e. The number of ether oxygens (including phenoxy) is 2. The van der Waals surface area contributed by atoms with Gasteiger partial charge in [0, 0.05) is 21.7 Å². The Labute approximate surface area is 203 Å². The molecule has 7 heteroatoms. The molecule has 0 saturated heterocycles. The van der Waals surface area contributed by atoms with Crippen LogP contribution in [0.4, 0.5) is 10.8 Å². The number of methoxy groups -OCH3 is 2. The van der Waals surface area contributed by atoms with Crippen LogP contribution < -0.4 is 20.1 Å². The largest absolute Gasteiger partial charge is 0.493 e. The molecule has 174 valence electrons. The predicted molar refractivity (Wildman–Crippen MR) is 137 cm³/mol. The van der Waals surface area contributed by atoms with Gasteiger partial charge in [0.1, 0.15) is 10.8 Å². The molecule has 1 amide bonds. The Hall–Kier alpha value is -3.84. The summed E-state index contributed by atoms with van der Waals surface area (Å²) < 4.78 is 11.0. The number of pyridine rings is 1. The number of rotatable bonds is 8. The number of carbonyl (C=O) groups excluding carboxylic acids is 1. The number of nitrogens with zero attached hydrogens (tertiary/aromatic N) is 1. The quantitative estimate of drug-likeness (QED) is 0.317. The minimum atomic E-state index is -0.287. The van der Waals surface area contributed by atoms with Crippen molar-refractivity contribution in [3.8, 4) is 11.5 Å². The lowest BCUT2D eigenvalue weighted by Gasteiger charge is -2.22. The minimum absolute atomic E-state index is 0.150. The summed E-state index contributed by atoms with van der Waals surface area (Å²) in [7, 11) is 3.23. The zero-order chi connectivity index (χ0) is 24.1. The second-order valence-electron chi connectivity index (χ2n) is 7.82. The zero-order valence-corrected chi connectivity index (χ0v) is 20.4. The van der Waals surface area contributed by atoms with Crippen molar-refractivity contribution in [1.82, 2.24) is 4.98 Å². The molecule has 0 aliphatic heterocycles. The number of amides is 1. The Kier molecular flexibility index (Phi) is 7.13. The van der Waals surface area contributed by atoms with Gasteiger partial charge < -0.3 is 20.1 Å². The van der Waals surface area contributed by atoms with E-state index in [1.165, 1.54) is 0 Å². The molecule has 4 aromatic rings. The number of hydrogen-bond donors (Lipinski definition) is 2. The first-order valence-electron chi connectivity index (χ1n) is 10.9. The molecule has 0 unspecified atom stereocenters. The summed E-state index contributed by atoms with van der Waals surface area (Å²) in [4.78, 5) is 18.7. The van der Waals surface area contributed by atoms with E-state index in [2.05, 4.69) is 21.7 Å². The van der Waals surface area contributed by atoms with E-state index in [4.69, 9.17) is 9.47 Å². The number of benzene rings is 2. The van der Waals surface area contributed by atoms with Crippen molar-refractivity contribution in [3.63, 3.8) is 0 Å². The maximum atomic E-state index is 12.9. The van der Waals surface area contributed by atoms with E-state index in [0.29, 0.717) is 17.1 Å². The molecule has 1 atom stereocenters. The summed E-state index contributed by atoms with van der Waals surface area (Å²) in [6, 6.07) is 22.7. The average Bonchev–Trinajstić information content (AvgIpc) is 3.22. The van der Waals surface area contributed by atoms with E-state index in [1.807, 2.05) is 68.4 Å². The summed E-state index contributed by atoms with van der Waals surface area (Å²) in [6.45, 7) is 3.99. The summed E-state index contributed by atoms with van der Waals surface area (Å²) in [5.74, 6) is 1.87. The van der Waals surface area contributed by atoms with E-state index in [1.54, 1.807) is 37.7 Å². The molecule has 0 aliphatic rings. The molecule has 0 saturated carbocycles. The van der Waals surface area contributed by atoms with E-state index < -0.39 is 0 Å². The number of nitrogens with one attached hydrogen (secondary N) is 2. The van der Waals surface area contributed by atoms with Crippen molar-refractivity contribution in [2.75, 3.05) is 24.9 Å². The lowest BCUT2D eigenvalue weighted by Crippen LogP contribution is -2.17. The second-order valence-corrected chi connectivity index (χ2v) is 9.07. The number of thiophene rings is 1. The third kappa shape index (κ3) is 5.21. The Morgan fingerprint density at radius 1 is 0.912 bits per heavy atom. The van der Waals surface area contributed by atoms with Crippen LogP contribution in [-0.4, -0.2) is 25.1 Å². The highest BCUT2D eigenvalue weighted by Gasteiger charge is 2.23. The Bertz CT molecular complexity index is 1290. The molecule has 0 bridgehead atoms. The molecule has 0 radical (unpaired) electrons. The van der Waals surface area contributed by atoms with Crippen molar-refractivity contribution in [3.05, 3.63) is 100 Å². The van der Waals surface area contributed by atoms with Crippen molar-refractivity contribution < 1.29 is 14.3 Å². The molecule has 0 aliphatic carbocycles. The summed E-state index contributed by atoms with van der Waals surface area (Å²) >= 11 is 1.54. The third-order valence-electron chi connectivity index (χ3n) is 5.38. The first-order chi connectivity index (χ1) is 16.5. The highest BCUT2D eigenvalue weighted by Crippen LogP contribution is 2.40. The van der Waals surface area contributed by atoms with Gasteiger partial charge in [-0.05, 0) is 61.9 Å². The van der Waals surface area contributed by atoms with Crippen LogP contribution in [0.5, 0.6) is 11.5 Å². The van der Waals surface area contributed by atoms with Gasteiger partial charge in [0.25, 0.3) is 5.91 Å². The molecule has 6 nitrogen and oxygen atoms in total. The lowest BCUT2D eigenvalue weighted by atomic mass is 9.99. The molecule has 2 aromatic heterocycles. The lowest BCUT2D eigenvalue weighted by molar-refractivity contribution is 0.102. The molecule has 2 heterocycles. The first kappa shape index (κ1) is 23.3. The maximum absolute atomic E-state index is 12.9. The van der Waals surface area contributed by atoms with Crippen LogP contribution in [0.3, 0.4) is 0 Å². The van der Waals surface area contributed by atoms with Crippen molar-refractivity contribution in [2.45, 2.75) is 19.9 Å². The standard InChI is InChI=1S/C27H27N3O3S/c1-17-9-8-12-24(28-17)29-25(20-13-14-22(32-3)23(16-20)33-4)21-15-18(2)34-27(21)30-26(31)19-10-6-5-7-11-19/h5-16,25H,1-4H3,(H,28,29)(H,30,31)/t25-/m0/s1. The Balaban J connectivity index is 1.77. The molecule has 4 rings (SSSR count). The van der Waals surface area contributed by atoms with Gasteiger partial charge >= 0.3 is 0 Å². The Morgan fingerprint density at radius 2 is 1.68 bits per heavy atom. The third-order valence-corrected chi connectivity index (χ3v) is 6.36. The van der Waals surface area contributed by atoms with Crippen LogP contribution in [0.2, 0.25) is 0 Å². The van der Waals surface area contributed by atoms with E-state index in [0.717, 1.165) is 32.5 Å². The number of carbonyl (C=O) groups is 1. The van der Waals surface area contributed by atoms with Gasteiger partial charge in [0.2, 0.25) is 0 Å². The van der Waals surface area contributed by atoms with Crippen LogP contribution in [0, 0.1) is 13.8 Å². The monoisotopic (exact) mass is 473 g/mol. The van der Waals surface area contributed by atoms with E-state index >= 15 is 0 Å². The molecule has 34 heavy (non-hydrogen) atoms. The van der Waals surface area contributed by atoms with Gasteiger partial charge in [-0.25, -0.2) is 4.98 Å². The summed E-state index contributed by atoms with van der Waals surface area (Å²) in [5, 5.41) is 7.45. The molecular formula is C27H27N3O3S. The fraction of sp³-hybridized carbons (Fsp3) is 0.185. The summed E-state index contributed by atoms with van der Waals surface area (Å²) in [6.07, 6.45) is 0. The average molecular weight is 474 g/mol. The fourth-order valence-electron chi connectivity index (χ4n) is 3.76. The molecule has 0 fully saturated rings. The Morgan fingerprint density at radius 3 is 2.38 bits per heavy atom. The van der Waals surface area contributed by atoms with E-state index in [-0.39, 0.29) is 11.9 Å². The molecule has 2 N–H and O–H groups in total. The smallest absolute Gasteiger partial charge is 0.256 e. The van der Waals surface area contributed by atoms with Crippen LogP contribution in [0.25, 0.3) is 0 Å². The van der Waals surface area contributed by atoms with Crippen LogP contribution in [0.15, 0.2) is 72.8 Å². The van der Waals surface area contributed by atoms with Gasteiger partial charge in [-0.15, -0.1) is 11.3 Å². The first-order valence-corrected chi connectivity index (χ1v) is 11.7. The van der Waals surface area contributed by atoms with Crippen LogP contribution in [-0.2, 0) is 0 Å². The summed E-state index contributed by atoms with van der Waals surface area (Å²) in [5.41, 5.74) is 3.42. The van der Waals surface area contributed by atoms with Gasteiger partial charge in [0.05, 0.1) is 20.3 Å². The normalized spacial score (nSPS) is 11.5. The van der Waals surface area contributed by atoms with Gasteiger partial charge in [-0.3, -0.25) is 4.79 Å². The van der Waals surface area contributed by atoms with Crippen molar-refractivity contribution in [1.29, 1.82) is 0 Å². The van der Waals surface area contributed by atoms with Gasteiger partial charge in [-0.2, -0.15) is 0 Å². The number of anilines is 2. The maximum Gasteiger partial charge on any atom is 0.256 e. The van der Waals surface area contributed by atoms with Crippen LogP contribution >= 0.6 is 11.3 Å². The SMILES string of the molecule is COc1ccc([C@H](Nc2cccc(C)n2)c2cc(C)sc2NC(=O)c2ccccc2)cc1OC. The van der Waals surface area contributed by atoms with Gasteiger partial charge in [0.15, 0.2) is 11.5 Å². The highest BCUT2D eigenvalue weighted by molar-refractivity contribution is 7.16. The fourth-order valence-corrected chi connectivity index (χ4v) is 4.70. The topological polar surface area (TPSA) is 72.5 Å². The van der Waals surface area contributed by atoms with Crippen molar-refractivity contribution >= 4 is 28.1 Å². The molecule has 2 aromatic carbocycles. The molecule has 0 spiro atoms. The van der Waals surface area contributed by atoms with Crippen molar-refractivity contribution in [2.24, 2.45) is 0 Å².